The van der Waals surface area contributed by atoms with E-state index < -0.39 is 11.9 Å². The van der Waals surface area contributed by atoms with Crippen molar-refractivity contribution in [3.63, 3.8) is 0 Å². The van der Waals surface area contributed by atoms with E-state index in [1.165, 1.54) is 20.3 Å². The molecule has 0 fully saturated rings. The molecule has 3 rings (SSSR count). The molecule has 6 nitrogen and oxygen atoms in total. The first kappa shape index (κ1) is 18.1. The van der Waals surface area contributed by atoms with Crippen molar-refractivity contribution >= 4 is 23.4 Å². The van der Waals surface area contributed by atoms with E-state index in [1.807, 2.05) is 60.7 Å². The summed E-state index contributed by atoms with van der Waals surface area (Å²) in [4.78, 5) is 29.3. The van der Waals surface area contributed by atoms with E-state index in [0.29, 0.717) is 5.69 Å². The number of pyridine rings is 1. The lowest BCUT2D eigenvalue weighted by Crippen LogP contribution is -2.16. The molecule has 0 aliphatic rings. The lowest BCUT2D eigenvalue weighted by atomic mass is 10.0. The minimum atomic E-state index is -0.680. The van der Waals surface area contributed by atoms with E-state index >= 15 is 0 Å². The summed E-state index contributed by atoms with van der Waals surface area (Å²) in [6, 6.07) is 20.1. The van der Waals surface area contributed by atoms with Crippen LogP contribution in [0.25, 0.3) is 11.3 Å². The average molecular weight is 362 g/mol. The van der Waals surface area contributed by atoms with Crippen LogP contribution in [-0.2, 0) is 9.47 Å². The smallest absolute Gasteiger partial charge is 0.342 e. The molecule has 0 bridgehead atoms. The molecule has 1 aromatic heterocycles. The predicted octanol–water partition coefficient (Wildman–Crippen LogP) is 4.07. The van der Waals surface area contributed by atoms with Gasteiger partial charge in [0.25, 0.3) is 0 Å². The van der Waals surface area contributed by atoms with Gasteiger partial charge in [0, 0.05) is 11.3 Å². The molecule has 0 atom stereocenters. The van der Waals surface area contributed by atoms with Gasteiger partial charge >= 0.3 is 11.9 Å². The fraction of sp³-hybridized carbons (Fsp3) is 0.0952. The molecule has 1 N–H and O–H groups in total. The summed E-state index contributed by atoms with van der Waals surface area (Å²) in [6.07, 6.45) is 0. The van der Waals surface area contributed by atoms with Crippen LogP contribution < -0.4 is 5.32 Å². The molecular formula is C21H18N2O4. The van der Waals surface area contributed by atoms with E-state index in [0.717, 1.165) is 11.3 Å². The molecule has 1 heterocycles. The van der Waals surface area contributed by atoms with Crippen molar-refractivity contribution in [2.75, 3.05) is 19.5 Å². The Morgan fingerprint density at radius 2 is 1.44 bits per heavy atom. The summed E-state index contributed by atoms with van der Waals surface area (Å²) in [5.74, 6) is -1.11. The van der Waals surface area contributed by atoms with Gasteiger partial charge in [-0.3, -0.25) is 0 Å². The van der Waals surface area contributed by atoms with Crippen molar-refractivity contribution in [2.24, 2.45) is 0 Å². The Balaban J connectivity index is 2.23. The van der Waals surface area contributed by atoms with Gasteiger partial charge in [-0.1, -0.05) is 48.5 Å². The molecule has 0 spiro atoms. The van der Waals surface area contributed by atoms with Crippen molar-refractivity contribution in [1.29, 1.82) is 0 Å². The number of hydrogen-bond donors (Lipinski definition) is 1. The maximum absolute atomic E-state index is 12.4. The number of anilines is 2. The lowest BCUT2D eigenvalue weighted by Gasteiger charge is -2.15. The van der Waals surface area contributed by atoms with Crippen LogP contribution >= 0.6 is 0 Å². The third-order valence-corrected chi connectivity index (χ3v) is 3.92. The van der Waals surface area contributed by atoms with Crippen LogP contribution in [0.5, 0.6) is 0 Å². The number of carbonyl (C=O) groups excluding carboxylic acids is 2. The molecule has 2 aromatic carbocycles. The molecule has 136 valence electrons. The second-order valence-corrected chi connectivity index (χ2v) is 5.62. The highest BCUT2D eigenvalue weighted by molar-refractivity contribution is 6.07. The van der Waals surface area contributed by atoms with Crippen LogP contribution in [0.1, 0.15) is 20.7 Å². The van der Waals surface area contributed by atoms with Crippen LogP contribution in [0.4, 0.5) is 11.5 Å². The number of nitrogens with one attached hydrogen (secondary N) is 1. The van der Waals surface area contributed by atoms with Gasteiger partial charge in [-0.15, -0.1) is 0 Å². The van der Waals surface area contributed by atoms with Crippen LogP contribution in [0.15, 0.2) is 66.7 Å². The Labute approximate surface area is 156 Å². The third kappa shape index (κ3) is 3.95. The Morgan fingerprint density at radius 1 is 0.852 bits per heavy atom. The van der Waals surface area contributed by atoms with E-state index in [1.54, 1.807) is 0 Å². The Bertz CT molecular complexity index is 957. The van der Waals surface area contributed by atoms with Crippen LogP contribution in [0.2, 0.25) is 0 Å². The molecule has 0 unspecified atom stereocenters. The van der Waals surface area contributed by atoms with E-state index in [-0.39, 0.29) is 16.9 Å². The van der Waals surface area contributed by atoms with Crippen LogP contribution in [0, 0.1) is 0 Å². The number of rotatable bonds is 5. The average Bonchev–Trinajstić information content (AvgIpc) is 2.73. The molecule has 0 saturated carbocycles. The van der Waals surface area contributed by atoms with Gasteiger partial charge in [-0.25, -0.2) is 14.6 Å². The number of para-hydroxylation sites is 1. The Hall–Kier alpha value is -3.67. The standard InChI is InChI=1S/C21H18N2O4/c1-26-20(24)16-13-17(14-9-5-3-6-10-14)23-19(18(16)21(25)27-2)22-15-11-7-4-8-12-15/h3-13H,1-2H3,(H,22,23). The fourth-order valence-electron chi connectivity index (χ4n) is 2.63. The summed E-state index contributed by atoms with van der Waals surface area (Å²) >= 11 is 0. The first-order valence-electron chi connectivity index (χ1n) is 8.23. The van der Waals surface area contributed by atoms with Crippen molar-refractivity contribution in [3.05, 3.63) is 77.9 Å². The first-order chi connectivity index (χ1) is 13.1. The monoisotopic (exact) mass is 362 g/mol. The Morgan fingerprint density at radius 3 is 2.04 bits per heavy atom. The van der Waals surface area contributed by atoms with Gasteiger partial charge in [-0.2, -0.15) is 0 Å². The van der Waals surface area contributed by atoms with Gasteiger partial charge in [0.2, 0.25) is 0 Å². The molecule has 6 heteroatoms. The molecule has 3 aromatic rings. The van der Waals surface area contributed by atoms with Gasteiger partial charge in [0.05, 0.1) is 25.5 Å². The summed E-state index contributed by atoms with van der Waals surface area (Å²) in [5.41, 5.74) is 2.15. The zero-order chi connectivity index (χ0) is 19.2. The molecule has 0 radical (unpaired) electrons. The van der Waals surface area contributed by atoms with Gasteiger partial charge in [0.1, 0.15) is 11.4 Å². The minimum absolute atomic E-state index is 0.0212. The summed E-state index contributed by atoms with van der Waals surface area (Å²) in [5, 5.41) is 3.10. The molecule has 0 aliphatic heterocycles. The number of hydrogen-bond acceptors (Lipinski definition) is 6. The highest BCUT2D eigenvalue weighted by Crippen LogP contribution is 2.29. The van der Waals surface area contributed by atoms with Crippen molar-refractivity contribution in [3.8, 4) is 11.3 Å². The lowest BCUT2D eigenvalue weighted by molar-refractivity contribution is 0.0555. The maximum atomic E-state index is 12.4. The normalized spacial score (nSPS) is 10.1. The second-order valence-electron chi connectivity index (χ2n) is 5.62. The van der Waals surface area contributed by atoms with Crippen molar-refractivity contribution < 1.29 is 19.1 Å². The van der Waals surface area contributed by atoms with E-state index in [9.17, 15) is 9.59 Å². The molecule has 27 heavy (non-hydrogen) atoms. The quantitative estimate of drug-likeness (QED) is 0.690. The first-order valence-corrected chi connectivity index (χ1v) is 8.23. The van der Waals surface area contributed by atoms with Crippen molar-refractivity contribution in [1.82, 2.24) is 4.98 Å². The fourth-order valence-corrected chi connectivity index (χ4v) is 2.63. The van der Waals surface area contributed by atoms with Gasteiger partial charge < -0.3 is 14.8 Å². The summed E-state index contributed by atoms with van der Waals surface area (Å²) in [7, 11) is 2.51. The third-order valence-electron chi connectivity index (χ3n) is 3.92. The van der Waals surface area contributed by atoms with Gasteiger partial charge in [-0.05, 0) is 18.2 Å². The van der Waals surface area contributed by atoms with Gasteiger partial charge in [0.15, 0.2) is 0 Å². The number of methoxy groups -OCH3 is 2. The summed E-state index contributed by atoms with van der Waals surface area (Å²) < 4.78 is 9.73. The predicted molar refractivity (Wildman–Crippen MR) is 102 cm³/mol. The molecule has 0 aliphatic carbocycles. The van der Waals surface area contributed by atoms with E-state index in [4.69, 9.17) is 9.47 Å². The largest absolute Gasteiger partial charge is 0.465 e. The molecular weight excluding hydrogens is 344 g/mol. The number of carbonyl (C=O) groups is 2. The van der Waals surface area contributed by atoms with Crippen molar-refractivity contribution in [2.45, 2.75) is 0 Å². The number of esters is 2. The zero-order valence-corrected chi connectivity index (χ0v) is 14.9. The topological polar surface area (TPSA) is 77.5 Å². The minimum Gasteiger partial charge on any atom is -0.465 e. The summed E-state index contributed by atoms with van der Waals surface area (Å²) in [6.45, 7) is 0. The molecule has 0 amide bonds. The van der Waals surface area contributed by atoms with Crippen LogP contribution in [0.3, 0.4) is 0 Å². The number of ether oxygens (including phenoxy) is 2. The number of nitrogens with zero attached hydrogens (tertiary/aromatic N) is 1. The second kappa shape index (κ2) is 8.14. The van der Waals surface area contributed by atoms with E-state index in [2.05, 4.69) is 10.3 Å². The Kier molecular flexibility index (Phi) is 5.47. The SMILES string of the molecule is COC(=O)c1cc(-c2ccccc2)nc(Nc2ccccc2)c1C(=O)OC. The highest BCUT2D eigenvalue weighted by atomic mass is 16.5. The maximum Gasteiger partial charge on any atom is 0.342 e. The highest BCUT2D eigenvalue weighted by Gasteiger charge is 2.25. The van der Waals surface area contributed by atoms with Crippen LogP contribution in [-0.4, -0.2) is 31.1 Å². The number of aromatic nitrogens is 1. The number of benzene rings is 2. The zero-order valence-electron chi connectivity index (χ0n) is 14.9. The molecule has 0 saturated heterocycles.